The van der Waals surface area contributed by atoms with Crippen molar-refractivity contribution in [2.45, 2.75) is 51.7 Å². The highest BCUT2D eigenvalue weighted by Gasteiger charge is 2.30. The zero-order valence-electron chi connectivity index (χ0n) is 21.8. The van der Waals surface area contributed by atoms with Crippen LogP contribution in [0.1, 0.15) is 68.6 Å². The van der Waals surface area contributed by atoms with E-state index in [9.17, 15) is 23.5 Å². The monoisotopic (exact) mass is 543 g/mol. The quantitative estimate of drug-likeness (QED) is 0.271. The van der Waals surface area contributed by atoms with Crippen LogP contribution in [0.3, 0.4) is 0 Å². The highest BCUT2D eigenvalue weighted by atomic mass is 32.1. The van der Waals surface area contributed by atoms with Crippen molar-refractivity contribution >= 4 is 23.2 Å². The van der Waals surface area contributed by atoms with Crippen molar-refractivity contribution in [3.8, 4) is 0 Å². The maximum atomic E-state index is 14.0. The Labute approximate surface area is 226 Å². The molecule has 0 saturated heterocycles. The predicted molar refractivity (Wildman–Crippen MR) is 146 cm³/mol. The topological polar surface area (TPSA) is 95.7 Å². The number of primary amides is 1. The van der Waals surface area contributed by atoms with Crippen molar-refractivity contribution in [1.29, 1.82) is 0 Å². The Hall–Kier alpha value is -3.14. The molecule has 2 amide bonds. The van der Waals surface area contributed by atoms with E-state index in [4.69, 9.17) is 5.73 Å². The molecule has 0 aliphatic carbocycles. The fraction of sp³-hybridized carbons (Fsp3) is 0.379. The zero-order valence-corrected chi connectivity index (χ0v) is 22.6. The lowest BCUT2D eigenvalue weighted by molar-refractivity contribution is 0.0760. The number of nitrogens with two attached hydrogens (primary N) is 1. The first kappa shape index (κ1) is 29.4. The number of rotatable bonds is 14. The number of hydrogen-bond acceptors (Lipinski definition) is 5. The second kappa shape index (κ2) is 14.1. The predicted octanol–water partition coefficient (Wildman–Crippen LogP) is 4.86. The molecule has 2 aromatic carbocycles. The summed E-state index contributed by atoms with van der Waals surface area (Å²) in [6.45, 7) is 5.76. The molecule has 3 aromatic rings. The van der Waals surface area contributed by atoms with Crippen LogP contribution in [0.15, 0.2) is 54.6 Å². The number of nitrogens with zero attached hydrogens (tertiary/aromatic N) is 1. The molecule has 38 heavy (non-hydrogen) atoms. The summed E-state index contributed by atoms with van der Waals surface area (Å²) < 4.78 is 28.0. The summed E-state index contributed by atoms with van der Waals surface area (Å²) in [5.74, 6) is -3.14. The van der Waals surface area contributed by atoms with Gasteiger partial charge in [0.15, 0.2) is 0 Å². The highest BCUT2D eigenvalue weighted by molar-refractivity contribution is 7.16. The molecule has 0 aliphatic heterocycles. The van der Waals surface area contributed by atoms with Crippen LogP contribution in [-0.2, 0) is 13.0 Å². The Balaban J connectivity index is 1.95. The van der Waals surface area contributed by atoms with Crippen molar-refractivity contribution in [2.75, 3.05) is 19.6 Å². The molecule has 0 bridgehead atoms. The van der Waals surface area contributed by atoms with Crippen LogP contribution in [0, 0.1) is 11.6 Å². The third-order valence-electron chi connectivity index (χ3n) is 6.24. The first-order valence-corrected chi connectivity index (χ1v) is 13.7. The van der Waals surface area contributed by atoms with Gasteiger partial charge in [-0.2, -0.15) is 0 Å². The zero-order chi connectivity index (χ0) is 27.7. The first-order valence-electron chi connectivity index (χ1n) is 12.8. The third-order valence-corrected chi connectivity index (χ3v) is 7.39. The van der Waals surface area contributed by atoms with Gasteiger partial charge in [0.25, 0.3) is 11.8 Å². The van der Waals surface area contributed by atoms with Crippen LogP contribution in [-0.4, -0.2) is 47.6 Å². The average Bonchev–Trinajstić information content (AvgIpc) is 3.32. The molecule has 1 heterocycles. The molecule has 9 heteroatoms. The van der Waals surface area contributed by atoms with E-state index in [-0.39, 0.29) is 23.7 Å². The van der Waals surface area contributed by atoms with E-state index in [1.54, 1.807) is 11.0 Å². The van der Waals surface area contributed by atoms with Gasteiger partial charge in [-0.05, 0) is 54.2 Å². The summed E-state index contributed by atoms with van der Waals surface area (Å²) in [5, 5.41) is 14.5. The SMILES string of the molecule is CCCN(CCC)C(=O)c1cc([C@H](Cc2cc(F)cc(F)c2)[C@@H](O)CNCc2ccccc2)c(C(N)=O)s1. The van der Waals surface area contributed by atoms with Crippen molar-refractivity contribution in [2.24, 2.45) is 5.73 Å². The van der Waals surface area contributed by atoms with Gasteiger partial charge in [0.05, 0.1) is 15.9 Å². The van der Waals surface area contributed by atoms with Crippen LogP contribution in [0.5, 0.6) is 0 Å². The number of aliphatic hydroxyl groups excluding tert-OH is 1. The van der Waals surface area contributed by atoms with Gasteiger partial charge in [0, 0.05) is 38.2 Å². The van der Waals surface area contributed by atoms with Crippen molar-refractivity contribution < 1.29 is 23.5 Å². The molecule has 2 atom stereocenters. The second-order valence-electron chi connectivity index (χ2n) is 9.32. The van der Waals surface area contributed by atoms with Gasteiger partial charge in [-0.3, -0.25) is 9.59 Å². The Morgan fingerprint density at radius 2 is 1.63 bits per heavy atom. The summed E-state index contributed by atoms with van der Waals surface area (Å²) in [5.41, 5.74) is 7.45. The molecule has 0 radical (unpaired) electrons. The Morgan fingerprint density at radius 3 is 2.21 bits per heavy atom. The number of benzene rings is 2. The number of nitrogens with one attached hydrogen (secondary N) is 1. The molecule has 0 unspecified atom stereocenters. The molecule has 204 valence electrons. The van der Waals surface area contributed by atoms with E-state index in [0.717, 1.165) is 35.8 Å². The largest absolute Gasteiger partial charge is 0.391 e. The molecule has 0 fully saturated rings. The average molecular weight is 544 g/mol. The maximum Gasteiger partial charge on any atom is 0.263 e. The summed E-state index contributed by atoms with van der Waals surface area (Å²) in [6, 6.07) is 14.4. The van der Waals surface area contributed by atoms with Gasteiger partial charge in [-0.1, -0.05) is 44.2 Å². The Kier molecular flexibility index (Phi) is 10.9. The van der Waals surface area contributed by atoms with Crippen LogP contribution < -0.4 is 11.1 Å². The molecule has 3 rings (SSSR count). The van der Waals surface area contributed by atoms with Crippen molar-refractivity contribution in [3.63, 3.8) is 0 Å². The number of carbonyl (C=O) groups is 2. The Bertz CT molecular complexity index is 1190. The van der Waals surface area contributed by atoms with Crippen molar-refractivity contribution in [3.05, 3.63) is 92.7 Å². The molecule has 0 aliphatic rings. The molecule has 6 nitrogen and oxygen atoms in total. The van der Waals surface area contributed by atoms with E-state index in [1.165, 1.54) is 12.1 Å². The molecule has 1 aromatic heterocycles. The third kappa shape index (κ3) is 7.93. The smallest absolute Gasteiger partial charge is 0.263 e. The lowest BCUT2D eigenvalue weighted by Gasteiger charge is -2.24. The number of thiophene rings is 1. The van der Waals surface area contributed by atoms with Crippen LogP contribution in [0.25, 0.3) is 0 Å². The summed E-state index contributed by atoms with van der Waals surface area (Å²) in [6.07, 6.45) is 0.572. The molecule has 0 spiro atoms. The van der Waals surface area contributed by atoms with E-state index in [2.05, 4.69) is 5.32 Å². The first-order chi connectivity index (χ1) is 18.2. The summed E-state index contributed by atoms with van der Waals surface area (Å²) in [4.78, 5) is 28.0. The highest BCUT2D eigenvalue weighted by Crippen LogP contribution is 2.34. The van der Waals surface area contributed by atoms with Crippen molar-refractivity contribution in [1.82, 2.24) is 10.2 Å². The van der Waals surface area contributed by atoms with Crippen LogP contribution in [0.4, 0.5) is 8.78 Å². The van der Waals surface area contributed by atoms with Gasteiger partial charge in [0.2, 0.25) is 0 Å². The fourth-order valence-electron chi connectivity index (χ4n) is 4.53. The normalized spacial score (nSPS) is 12.8. The van der Waals surface area contributed by atoms with E-state index >= 15 is 0 Å². The number of carbonyl (C=O) groups excluding carboxylic acids is 2. The molecular weight excluding hydrogens is 508 g/mol. The van der Waals surface area contributed by atoms with Crippen LogP contribution in [0.2, 0.25) is 0 Å². The van der Waals surface area contributed by atoms with E-state index in [0.29, 0.717) is 35.6 Å². The summed E-state index contributed by atoms with van der Waals surface area (Å²) in [7, 11) is 0. The van der Waals surface area contributed by atoms with Gasteiger partial charge >= 0.3 is 0 Å². The number of amides is 2. The summed E-state index contributed by atoms with van der Waals surface area (Å²) >= 11 is 0.994. The van der Waals surface area contributed by atoms with E-state index < -0.39 is 29.6 Å². The molecule has 0 saturated carbocycles. The lowest BCUT2D eigenvalue weighted by Crippen LogP contribution is -2.33. The number of halogens is 2. The van der Waals surface area contributed by atoms with Gasteiger partial charge in [-0.25, -0.2) is 8.78 Å². The molecule has 4 N–H and O–H groups in total. The Morgan fingerprint density at radius 1 is 1.00 bits per heavy atom. The van der Waals surface area contributed by atoms with Gasteiger partial charge < -0.3 is 21.1 Å². The second-order valence-corrected chi connectivity index (χ2v) is 10.4. The number of hydrogen-bond donors (Lipinski definition) is 3. The van der Waals surface area contributed by atoms with Crippen LogP contribution >= 0.6 is 11.3 Å². The minimum absolute atomic E-state index is 0.0428. The van der Waals surface area contributed by atoms with Gasteiger partial charge in [0.1, 0.15) is 11.6 Å². The molecular formula is C29H35F2N3O3S. The standard InChI is InChI=1S/C29H35F2N3O3S/c1-3-10-34(11-4-2)29(37)26-16-24(27(38-26)28(32)36)23(14-20-12-21(30)15-22(31)13-20)25(35)18-33-17-19-8-6-5-7-9-19/h5-9,12-13,15-16,23,25,33,35H,3-4,10-11,14,17-18H2,1-2H3,(H2,32,36)/t23-,25-/m0/s1. The number of aliphatic hydroxyl groups is 1. The fourth-order valence-corrected chi connectivity index (χ4v) is 5.58. The van der Waals surface area contributed by atoms with Gasteiger partial charge in [-0.15, -0.1) is 11.3 Å². The minimum Gasteiger partial charge on any atom is -0.391 e. The minimum atomic E-state index is -1.04. The maximum absolute atomic E-state index is 14.0. The lowest BCUT2D eigenvalue weighted by atomic mass is 9.86. The van der Waals surface area contributed by atoms with E-state index in [1.807, 2.05) is 44.2 Å².